The van der Waals surface area contributed by atoms with E-state index in [1.807, 2.05) is 27.7 Å². The quantitative estimate of drug-likeness (QED) is 0.457. The fraction of sp³-hybridized carbons (Fsp3) is 0.500. The van der Waals surface area contributed by atoms with Crippen LogP contribution in [0.15, 0.2) is 18.3 Å². The summed E-state index contributed by atoms with van der Waals surface area (Å²) in [7, 11) is 0. The van der Waals surface area contributed by atoms with Gasteiger partial charge in [0.15, 0.2) is 5.69 Å². The maximum Gasteiger partial charge on any atom is 0.332 e. The Morgan fingerprint density at radius 2 is 2.00 bits per heavy atom. The van der Waals surface area contributed by atoms with Crippen LogP contribution >= 0.6 is 0 Å². The highest BCUT2D eigenvalue weighted by molar-refractivity contribution is 5.82. The van der Waals surface area contributed by atoms with E-state index in [4.69, 9.17) is 0 Å². The Kier molecular flexibility index (Phi) is 3.60. The summed E-state index contributed by atoms with van der Waals surface area (Å²) >= 11 is 0. The second kappa shape index (κ2) is 4.61. The molecule has 5 nitrogen and oxygen atoms in total. The number of nitrogens with zero attached hydrogens (tertiary/aromatic N) is 2. The van der Waals surface area contributed by atoms with Gasteiger partial charge in [-0.1, -0.05) is 20.8 Å². The summed E-state index contributed by atoms with van der Waals surface area (Å²) in [6, 6.07) is 3.08. The topological polar surface area (TPSA) is 64.1 Å². The third-order valence-electron chi connectivity index (χ3n) is 2.60. The molecule has 0 aliphatic rings. The van der Waals surface area contributed by atoms with Crippen LogP contribution in [0.25, 0.3) is 0 Å². The molecular weight excluding hydrogens is 220 g/mol. The molecule has 0 bridgehead atoms. The average molecular weight is 237 g/mol. The van der Waals surface area contributed by atoms with E-state index < -0.39 is 10.3 Å². The summed E-state index contributed by atoms with van der Waals surface area (Å²) in [5, 5.41) is 10.7. The van der Waals surface area contributed by atoms with Crippen molar-refractivity contribution in [2.45, 2.75) is 34.2 Å². The Balaban J connectivity index is 3.02. The molecule has 0 aromatic carbocycles. The first kappa shape index (κ1) is 13.3. The zero-order valence-corrected chi connectivity index (χ0v) is 10.6. The van der Waals surface area contributed by atoms with Crippen molar-refractivity contribution in [1.29, 1.82) is 0 Å². The molecule has 0 amide bonds. The van der Waals surface area contributed by atoms with Crippen molar-refractivity contribution < 1.29 is 14.3 Å². The van der Waals surface area contributed by atoms with Crippen LogP contribution < -0.4 is 4.57 Å². The molecule has 0 atom stereocenters. The van der Waals surface area contributed by atoms with E-state index in [0.717, 1.165) is 5.69 Å². The largest absolute Gasteiger partial charge is 0.332 e. The third kappa shape index (κ3) is 3.34. The van der Waals surface area contributed by atoms with E-state index in [2.05, 4.69) is 0 Å². The van der Waals surface area contributed by atoms with Crippen LogP contribution in [0.2, 0.25) is 0 Å². The summed E-state index contributed by atoms with van der Waals surface area (Å²) < 4.78 is 1.62. The van der Waals surface area contributed by atoms with Gasteiger partial charge in [0.2, 0.25) is 18.5 Å². The van der Waals surface area contributed by atoms with Crippen molar-refractivity contribution in [2.75, 3.05) is 0 Å². The lowest BCUT2D eigenvalue weighted by Gasteiger charge is -2.14. The highest BCUT2D eigenvalue weighted by atomic mass is 16.6. The number of carbonyl (C=O) groups is 1. The number of pyridine rings is 1. The monoisotopic (exact) mass is 237 g/mol. The lowest BCUT2D eigenvalue weighted by atomic mass is 9.91. The van der Waals surface area contributed by atoms with Gasteiger partial charge in [-0.15, -0.1) is 0 Å². The molecule has 1 heterocycles. The van der Waals surface area contributed by atoms with Crippen LogP contribution in [0.4, 0.5) is 5.69 Å². The van der Waals surface area contributed by atoms with E-state index in [9.17, 15) is 14.9 Å². The maximum absolute atomic E-state index is 11.9. The van der Waals surface area contributed by atoms with Gasteiger partial charge in [-0.2, -0.15) is 4.57 Å². The summed E-state index contributed by atoms with van der Waals surface area (Å²) in [6.07, 6.45) is 1.40. The minimum atomic E-state index is -0.461. The summed E-state index contributed by atoms with van der Waals surface area (Å²) in [5.74, 6) is 0.0473. The van der Waals surface area contributed by atoms with Gasteiger partial charge in [0.25, 0.3) is 0 Å². The Morgan fingerprint density at radius 3 is 2.47 bits per heavy atom. The number of aryl methyl sites for hydroxylation is 1. The molecule has 0 N–H and O–H groups in total. The predicted molar refractivity (Wildman–Crippen MR) is 62.5 cm³/mol. The first-order valence-corrected chi connectivity index (χ1v) is 5.39. The van der Waals surface area contributed by atoms with Gasteiger partial charge in [0.05, 0.1) is 4.92 Å². The van der Waals surface area contributed by atoms with Gasteiger partial charge < -0.3 is 0 Å². The molecule has 0 radical (unpaired) electrons. The highest BCUT2D eigenvalue weighted by Crippen LogP contribution is 2.15. The predicted octanol–water partition coefficient (Wildman–Crippen LogP) is 1.81. The summed E-state index contributed by atoms with van der Waals surface area (Å²) in [6.45, 7) is 7.49. The normalized spacial score (nSPS) is 11.3. The molecule has 0 fully saturated rings. The Morgan fingerprint density at radius 1 is 1.41 bits per heavy atom. The van der Waals surface area contributed by atoms with Gasteiger partial charge in [0, 0.05) is 24.5 Å². The van der Waals surface area contributed by atoms with Crippen LogP contribution in [-0.2, 0) is 11.3 Å². The molecule has 0 saturated carbocycles. The molecular formula is C12H17N2O3+. The Hall–Kier alpha value is -1.78. The van der Waals surface area contributed by atoms with Crippen LogP contribution in [0.5, 0.6) is 0 Å². The molecule has 1 rings (SSSR count). The van der Waals surface area contributed by atoms with E-state index in [1.165, 1.54) is 12.3 Å². The second-order valence-electron chi connectivity index (χ2n) is 5.09. The van der Waals surface area contributed by atoms with Crippen LogP contribution in [0.1, 0.15) is 26.5 Å². The first-order valence-electron chi connectivity index (χ1n) is 5.39. The summed E-state index contributed by atoms with van der Waals surface area (Å²) in [4.78, 5) is 22.1. The number of aromatic nitrogens is 1. The molecule has 1 aromatic heterocycles. The smallest absolute Gasteiger partial charge is 0.292 e. The number of hydrogen-bond donors (Lipinski definition) is 0. The maximum atomic E-state index is 11.9. The second-order valence-corrected chi connectivity index (χ2v) is 5.09. The number of rotatable bonds is 3. The van der Waals surface area contributed by atoms with Gasteiger partial charge in [-0.25, -0.2) is 0 Å². The van der Waals surface area contributed by atoms with Crippen LogP contribution in [0, 0.1) is 22.5 Å². The van der Waals surface area contributed by atoms with Crippen molar-refractivity contribution in [1.82, 2.24) is 0 Å². The number of nitro groups is 1. The third-order valence-corrected chi connectivity index (χ3v) is 2.60. The zero-order valence-electron chi connectivity index (χ0n) is 10.6. The number of carbonyl (C=O) groups excluding carboxylic acids is 1. The summed E-state index contributed by atoms with van der Waals surface area (Å²) in [5.41, 5.74) is 0.384. The first-order chi connectivity index (χ1) is 7.71. The number of Topliss-reactive ketones (excluding diaryl/α,β-unsaturated/α-hetero) is 1. The standard InChI is InChI=1S/C12H17N2O3/c1-9-5-6-10(14(16)17)7-13(9)8-11(15)12(2,3)4/h5-7H,8H2,1-4H3/q+1. The number of hydrogen-bond acceptors (Lipinski definition) is 3. The fourth-order valence-electron chi connectivity index (χ4n) is 1.28. The Bertz CT molecular complexity index is 461. The highest BCUT2D eigenvalue weighted by Gasteiger charge is 2.26. The van der Waals surface area contributed by atoms with Gasteiger partial charge in [0.1, 0.15) is 0 Å². The van der Waals surface area contributed by atoms with Gasteiger partial charge in [-0.3, -0.25) is 14.9 Å². The van der Waals surface area contributed by atoms with E-state index in [0.29, 0.717) is 0 Å². The van der Waals surface area contributed by atoms with Gasteiger partial charge in [-0.05, 0) is 0 Å². The molecule has 0 unspecified atom stereocenters. The molecule has 5 heteroatoms. The van der Waals surface area contributed by atoms with Crippen molar-refractivity contribution >= 4 is 11.5 Å². The van der Waals surface area contributed by atoms with Gasteiger partial charge >= 0.3 is 5.69 Å². The van der Waals surface area contributed by atoms with Crippen LogP contribution in [-0.4, -0.2) is 10.7 Å². The van der Waals surface area contributed by atoms with Crippen molar-refractivity contribution in [3.63, 3.8) is 0 Å². The van der Waals surface area contributed by atoms with E-state index in [-0.39, 0.29) is 18.0 Å². The lowest BCUT2D eigenvalue weighted by molar-refractivity contribution is -0.693. The van der Waals surface area contributed by atoms with Crippen LogP contribution in [0.3, 0.4) is 0 Å². The molecule has 0 aliphatic carbocycles. The van der Waals surface area contributed by atoms with E-state index in [1.54, 1.807) is 10.6 Å². The minimum Gasteiger partial charge on any atom is -0.292 e. The van der Waals surface area contributed by atoms with E-state index >= 15 is 0 Å². The average Bonchev–Trinajstić information content (AvgIpc) is 2.19. The molecule has 1 aromatic rings. The minimum absolute atomic E-state index is 0.00249. The molecule has 92 valence electrons. The molecule has 0 spiro atoms. The molecule has 0 saturated heterocycles. The molecule has 0 aliphatic heterocycles. The Labute approximate surface area is 100 Å². The van der Waals surface area contributed by atoms with Crippen molar-refractivity contribution in [3.8, 4) is 0 Å². The van der Waals surface area contributed by atoms with Crippen molar-refractivity contribution in [3.05, 3.63) is 34.1 Å². The lowest BCUT2D eigenvalue weighted by Crippen LogP contribution is -2.44. The zero-order chi connectivity index (χ0) is 13.2. The SMILES string of the molecule is Cc1ccc([N+](=O)[O-])c[n+]1CC(=O)C(C)(C)C. The fourth-order valence-corrected chi connectivity index (χ4v) is 1.28. The molecule has 17 heavy (non-hydrogen) atoms. The van der Waals surface area contributed by atoms with Crippen molar-refractivity contribution in [2.24, 2.45) is 5.41 Å². The number of ketones is 1.